The number of hydrogen-bond donors (Lipinski definition) is 2. The van der Waals surface area contributed by atoms with Gasteiger partial charge in [-0.25, -0.2) is 4.79 Å². The van der Waals surface area contributed by atoms with Gasteiger partial charge in [-0.3, -0.25) is 4.99 Å². The molecule has 9 heteroatoms. The third kappa shape index (κ3) is 5.31. The molecule has 0 saturated heterocycles. The van der Waals surface area contributed by atoms with Crippen molar-refractivity contribution in [2.24, 2.45) is 4.99 Å². The zero-order valence-corrected chi connectivity index (χ0v) is 18.4. The molecule has 2 heterocycles. The van der Waals surface area contributed by atoms with Crippen LogP contribution in [0.1, 0.15) is 27.4 Å². The molecule has 0 bridgehead atoms. The number of hydrogen-bond acceptors (Lipinski definition) is 6. The molecule has 0 spiro atoms. The molecule has 0 radical (unpaired) electrons. The summed E-state index contributed by atoms with van der Waals surface area (Å²) in [4.78, 5) is 15.8. The highest BCUT2D eigenvalue weighted by atomic mass is 127. The Morgan fingerprint density at radius 2 is 2.00 bits per heavy atom. The lowest BCUT2D eigenvalue weighted by molar-refractivity contribution is 0.0599. The van der Waals surface area contributed by atoms with Crippen molar-refractivity contribution < 1.29 is 23.4 Å². The van der Waals surface area contributed by atoms with Gasteiger partial charge >= 0.3 is 5.97 Å². The fourth-order valence-corrected chi connectivity index (χ4v) is 2.76. The molecule has 0 unspecified atom stereocenters. The summed E-state index contributed by atoms with van der Waals surface area (Å²) in [6.45, 7) is 3.11. The van der Waals surface area contributed by atoms with E-state index in [2.05, 4.69) is 15.6 Å². The summed E-state index contributed by atoms with van der Waals surface area (Å²) < 4.78 is 21.0. The molecular formula is C19H24IN3O5. The van der Waals surface area contributed by atoms with Gasteiger partial charge in [-0.15, -0.1) is 24.0 Å². The van der Waals surface area contributed by atoms with Crippen LogP contribution < -0.4 is 20.1 Å². The molecule has 1 aliphatic heterocycles. The molecule has 0 aliphatic carbocycles. The van der Waals surface area contributed by atoms with E-state index in [1.54, 1.807) is 20.0 Å². The summed E-state index contributed by atoms with van der Waals surface area (Å²) in [5.74, 6) is 2.96. The minimum absolute atomic E-state index is 0. The number of carbonyl (C=O) groups excluding carboxylic acids is 1. The number of furan rings is 1. The SMILES string of the molecule is CN=C(NCCc1ccc2c(c1)OCO2)NCc1cc(C(=O)OC)c(C)o1.I. The molecular weight excluding hydrogens is 477 g/mol. The third-order valence-corrected chi connectivity index (χ3v) is 4.17. The molecule has 1 aliphatic rings. The number of fused-ring (bicyclic) bond motifs is 1. The van der Waals surface area contributed by atoms with Crippen LogP contribution in [0.5, 0.6) is 11.5 Å². The summed E-state index contributed by atoms with van der Waals surface area (Å²) in [5.41, 5.74) is 1.58. The van der Waals surface area contributed by atoms with E-state index in [-0.39, 0.29) is 30.8 Å². The van der Waals surface area contributed by atoms with Crippen molar-refractivity contribution in [3.63, 3.8) is 0 Å². The van der Waals surface area contributed by atoms with Crippen LogP contribution in [0.3, 0.4) is 0 Å². The van der Waals surface area contributed by atoms with Crippen molar-refractivity contribution in [1.82, 2.24) is 10.6 Å². The lowest BCUT2D eigenvalue weighted by Crippen LogP contribution is -2.37. The first-order valence-corrected chi connectivity index (χ1v) is 8.61. The Bertz CT molecular complexity index is 850. The molecule has 2 N–H and O–H groups in total. The second-order valence-corrected chi connectivity index (χ2v) is 5.96. The first kappa shape index (κ1) is 21.9. The van der Waals surface area contributed by atoms with Gasteiger partial charge in [0.05, 0.1) is 13.7 Å². The van der Waals surface area contributed by atoms with Crippen molar-refractivity contribution in [1.29, 1.82) is 0 Å². The lowest BCUT2D eigenvalue weighted by atomic mass is 10.1. The van der Waals surface area contributed by atoms with Gasteiger partial charge in [-0.05, 0) is 37.1 Å². The molecule has 0 fully saturated rings. The van der Waals surface area contributed by atoms with Crippen LogP contribution in [0.2, 0.25) is 0 Å². The zero-order valence-electron chi connectivity index (χ0n) is 16.0. The Kier molecular flexibility index (Phi) is 7.97. The van der Waals surface area contributed by atoms with E-state index in [0.29, 0.717) is 36.1 Å². The van der Waals surface area contributed by atoms with Crippen LogP contribution in [-0.2, 0) is 17.7 Å². The van der Waals surface area contributed by atoms with Crippen LogP contribution in [0, 0.1) is 6.92 Å². The van der Waals surface area contributed by atoms with E-state index in [1.165, 1.54) is 7.11 Å². The molecule has 3 rings (SSSR count). The third-order valence-electron chi connectivity index (χ3n) is 4.17. The summed E-state index contributed by atoms with van der Waals surface area (Å²) >= 11 is 0. The Hall–Kier alpha value is -2.43. The second kappa shape index (κ2) is 10.2. The predicted octanol–water partition coefficient (Wildman–Crippen LogP) is 2.63. The topological polar surface area (TPSA) is 94.3 Å². The summed E-state index contributed by atoms with van der Waals surface area (Å²) in [6.07, 6.45) is 0.809. The van der Waals surface area contributed by atoms with Crippen molar-refractivity contribution in [2.45, 2.75) is 19.9 Å². The number of esters is 1. The van der Waals surface area contributed by atoms with Gasteiger partial charge in [-0.1, -0.05) is 6.07 Å². The van der Waals surface area contributed by atoms with E-state index < -0.39 is 5.97 Å². The monoisotopic (exact) mass is 501 g/mol. The smallest absolute Gasteiger partial charge is 0.341 e. The van der Waals surface area contributed by atoms with Crippen molar-refractivity contribution in [3.05, 3.63) is 46.9 Å². The lowest BCUT2D eigenvalue weighted by Gasteiger charge is -2.11. The number of guanidine groups is 1. The molecule has 2 aromatic rings. The summed E-state index contributed by atoms with van der Waals surface area (Å²) in [6, 6.07) is 7.60. The Labute approximate surface area is 180 Å². The molecule has 1 aromatic carbocycles. The number of aliphatic imine (C=N–C) groups is 1. The molecule has 0 amide bonds. The largest absolute Gasteiger partial charge is 0.465 e. The predicted molar refractivity (Wildman–Crippen MR) is 115 cm³/mol. The van der Waals surface area contributed by atoms with Crippen LogP contribution in [0.4, 0.5) is 0 Å². The van der Waals surface area contributed by atoms with Crippen LogP contribution >= 0.6 is 24.0 Å². The number of benzene rings is 1. The average molecular weight is 501 g/mol. The number of rotatable bonds is 6. The van der Waals surface area contributed by atoms with E-state index in [1.807, 2.05) is 18.2 Å². The minimum atomic E-state index is -0.409. The molecule has 0 atom stereocenters. The second-order valence-electron chi connectivity index (χ2n) is 5.96. The van der Waals surface area contributed by atoms with Crippen LogP contribution in [-0.4, -0.2) is 39.4 Å². The van der Waals surface area contributed by atoms with Gasteiger partial charge in [0, 0.05) is 13.6 Å². The fourth-order valence-electron chi connectivity index (χ4n) is 2.76. The van der Waals surface area contributed by atoms with Gasteiger partial charge in [0.2, 0.25) is 6.79 Å². The highest BCUT2D eigenvalue weighted by Crippen LogP contribution is 2.32. The molecule has 28 heavy (non-hydrogen) atoms. The van der Waals surface area contributed by atoms with E-state index >= 15 is 0 Å². The Balaban J connectivity index is 0.00000280. The molecule has 1 aromatic heterocycles. The maximum Gasteiger partial charge on any atom is 0.341 e. The number of halogens is 1. The summed E-state index contributed by atoms with van der Waals surface area (Å²) in [5, 5.41) is 6.40. The standard InChI is InChI=1S/C19H23N3O5.HI/c1-12-15(18(23)24-3)9-14(27-12)10-22-19(20-2)21-7-6-13-4-5-16-17(8-13)26-11-25-16;/h4-5,8-9H,6-7,10-11H2,1-3H3,(H2,20,21,22);1H. The van der Waals surface area contributed by atoms with E-state index in [0.717, 1.165) is 23.5 Å². The average Bonchev–Trinajstić information content (AvgIpc) is 3.29. The first-order chi connectivity index (χ1) is 13.1. The fraction of sp³-hybridized carbons (Fsp3) is 0.368. The summed E-state index contributed by atoms with van der Waals surface area (Å²) in [7, 11) is 3.04. The molecule has 8 nitrogen and oxygen atoms in total. The van der Waals surface area contributed by atoms with Gasteiger partial charge in [0.1, 0.15) is 17.1 Å². The van der Waals surface area contributed by atoms with Crippen LogP contribution in [0.15, 0.2) is 33.7 Å². The number of nitrogens with one attached hydrogen (secondary N) is 2. The number of ether oxygens (including phenoxy) is 3. The maximum atomic E-state index is 11.6. The minimum Gasteiger partial charge on any atom is -0.465 e. The normalized spacial score (nSPS) is 12.3. The van der Waals surface area contributed by atoms with E-state index in [9.17, 15) is 4.79 Å². The van der Waals surface area contributed by atoms with Gasteiger partial charge < -0.3 is 29.3 Å². The molecule has 152 valence electrons. The number of carbonyl (C=O) groups is 1. The van der Waals surface area contributed by atoms with Gasteiger partial charge in [-0.2, -0.15) is 0 Å². The van der Waals surface area contributed by atoms with E-state index in [4.69, 9.17) is 18.6 Å². The van der Waals surface area contributed by atoms with Crippen molar-refractivity contribution in [3.8, 4) is 11.5 Å². The number of aryl methyl sites for hydroxylation is 1. The van der Waals surface area contributed by atoms with Crippen molar-refractivity contribution in [2.75, 3.05) is 27.5 Å². The van der Waals surface area contributed by atoms with Gasteiger partial charge in [0.25, 0.3) is 0 Å². The maximum absolute atomic E-state index is 11.6. The van der Waals surface area contributed by atoms with Crippen molar-refractivity contribution >= 4 is 35.9 Å². The Morgan fingerprint density at radius 3 is 2.75 bits per heavy atom. The van der Waals surface area contributed by atoms with Crippen LogP contribution in [0.25, 0.3) is 0 Å². The highest BCUT2D eigenvalue weighted by Gasteiger charge is 2.15. The first-order valence-electron chi connectivity index (χ1n) is 8.61. The number of methoxy groups -OCH3 is 1. The quantitative estimate of drug-likeness (QED) is 0.272. The van der Waals surface area contributed by atoms with Gasteiger partial charge in [0.15, 0.2) is 17.5 Å². The molecule has 0 saturated carbocycles. The highest BCUT2D eigenvalue weighted by molar-refractivity contribution is 14.0. The number of nitrogens with zero attached hydrogens (tertiary/aromatic N) is 1. The Morgan fingerprint density at radius 1 is 1.21 bits per heavy atom. The zero-order chi connectivity index (χ0) is 19.2.